The van der Waals surface area contributed by atoms with E-state index in [4.69, 9.17) is 16.3 Å². The summed E-state index contributed by atoms with van der Waals surface area (Å²) < 4.78 is 32.4. The van der Waals surface area contributed by atoms with Gasteiger partial charge in [-0.1, -0.05) is 23.7 Å². The third-order valence-electron chi connectivity index (χ3n) is 3.93. The van der Waals surface area contributed by atoms with Gasteiger partial charge in [0.15, 0.2) is 5.60 Å². The summed E-state index contributed by atoms with van der Waals surface area (Å²) in [5, 5.41) is 2.69. The van der Waals surface area contributed by atoms with Gasteiger partial charge in [0.2, 0.25) is 0 Å². The second-order valence-electron chi connectivity index (χ2n) is 6.04. The first kappa shape index (κ1) is 18.2. The fraction of sp³-hybridized carbons (Fsp3) is 0.158. The molecule has 0 aliphatic carbocycles. The SMILES string of the molecule is CC1(C(=O)NC(=O)/C(=C/c2ccc(Cl)cc2)c2ccc(F)cc2F)CO1. The van der Waals surface area contributed by atoms with E-state index in [1.807, 2.05) is 0 Å². The summed E-state index contributed by atoms with van der Waals surface area (Å²) in [4.78, 5) is 24.6. The van der Waals surface area contributed by atoms with Crippen molar-refractivity contribution in [3.05, 3.63) is 70.2 Å². The number of carbonyl (C=O) groups is 2. The maximum atomic E-state index is 14.2. The number of epoxide rings is 1. The van der Waals surface area contributed by atoms with Gasteiger partial charge in [0.25, 0.3) is 11.8 Å². The van der Waals surface area contributed by atoms with Crippen LogP contribution in [-0.2, 0) is 14.3 Å². The van der Waals surface area contributed by atoms with Crippen molar-refractivity contribution >= 4 is 35.1 Å². The Balaban J connectivity index is 1.99. The standard InChI is InChI=1S/C19H14ClF2NO3/c1-19(10-26-19)18(25)23-17(24)15(8-11-2-4-12(20)5-3-11)14-7-6-13(21)9-16(14)22/h2-9H,10H2,1H3,(H,23,24,25)/b15-8+. The minimum absolute atomic E-state index is 0.123. The molecule has 1 aliphatic rings. The number of ether oxygens (including phenoxy) is 1. The van der Waals surface area contributed by atoms with E-state index in [0.717, 1.165) is 12.1 Å². The summed E-state index contributed by atoms with van der Waals surface area (Å²) in [7, 11) is 0. The zero-order chi connectivity index (χ0) is 18.9. The van der Waals surface area contributed by atoms with Gasteiger partial charge in [0.05, 0.1) is 12.2 Å². The van der Waals surface area contributed by atoms with Gasteiger partial charge in [-0.05, 0) is 42.8 Å². The number of nitrogens with one attached hydrogen (secondary N) is 1. The second-order valence-corrected chi connectivity index (χ2v) is 6.47. The largest absolute Gasteiger partial charge is 0.359 e. The zero-order valence-electron chi connectivity index (χ0n) is 13.7. The molecule has 0 aromatic heterocycles. The van der Waals surface area contributed by atoms with Gasteiger partial charge in [-0.15, -0.1) is 0 Å². The highest BCUT2D eigenvalue weighted by atomic mass is 35.5. The third kappa shape index (κ3) is 3.98. The highest BCUT2D eigenvalue weighted by Crippen LogP contribution is 2.27. The molecule has 1 fully saturated rings. The van der Waals surface area contributed by atoms with Gasteiger partial charge >= 0.3 is 0 Å². The fourth-order valence-electron chi connectivity index (χ4n) is 2.24. The van der Waals surface area contributed by atoms with Crippen molar-refractivity contribution in [3.63, 3.8) is 0 Å². The molecule has 1 atom stereocenters. The van der Waals surface area contributed by atoms with E-state index in [2.05, 4.69) is 5.32 Å². The molecule has 26 heavy (non-hydrogen) atoms. The Morgan fingerprint density at radius 2 is 1.85 bits per heavy atom. The maximum absolute atomic E-state index is 14.2. The van der Waals surface area contributed by atoms with Gasteiger partial charge < -0.3 is 4.74 Å². The van der Waals surface area contributed by atoms with Crippen molar-refractivity contribution in [3.8, 4) is 0 Å². The van der Waals surface area contributed by atoms with Crippen molar-refractivity contribution in [1.82, 2.24) is 5.32 Å². The molecule has 0 saturated carbocycles. The zero-order valence-corrected chi connectivity index (χ0v) is 14.4. The summed E-state index contributed by atoms with van der Waals surface area (Å²) in [6.07, 6.45) is 1.39. The van der Waals surface area contributed by atoms with Crippen LogP contribution < -0.4 is 5.32 Å². The predicted molar refractivity (Wildman–Crippen MR) is 93.2 cm³/mol. The Bertz CT molecular complexity index is 906. The molecule has 134 valence electrons. The van der Waals surface area contributed by atoms with Crippen LogP contribution in [0.1, 0.15) is 18.1 Å². The van der Waals surface area contributed by atoms with Crippen molar-refractivity contribution in [2.75, 3.05) is 6.61 Å². The monoisotopic (exact) mass is 377 g/mol. The highest BCUT2D eigenvalue weighted by molar-refractivity contribution is 6.31. The number of benzene rings is 2. The number of amides is 2. The van der Waals surface area contributed by atoms with Crippen molar-refractivity contribution in [2.45, 2.75) is 12.5 Å². The molecule has 1 unspecified atom stereocenters. The van der Waals surface area contributed by atoms with E-state index in [-0.39, 0.29) is 17.7 Å². The molecule has 0 bridgehead atoms. The van der Waals surface area contributed by atoms with Gasteiger partial charge in [0.1, 0.15) is 11.6 Å². The number of rotatable bonds is 4. The van der Waals surface area contributed by atoms with Crippen LogP contribution in [-0.4, -0.2) is 24.0 Å². The molecule has 0 spiro atoms. The van der Waals surface area contributed by atoms with Gasteiger partial charge in [-0.25, -0.2) is 8.78 Å². The van der Waals surface area contributed by atoms with Crippen LogP contribution >= 0.6 is 11.6 Å². The Morgan fingerprint density at radius 1 is 1.19 bits per heavy atom. The first-order valence-corrected chi connectivity index (χ1v) is 8.09. The van der Waals surface area contributed by atoms with Crippen molar-refractivity contribution in [2.24, 2.45) is 0 Å². The molecule has 0 radical (unpaired) electrons. The molecule has 2 aromatic carbocycles. The van der Waals surface area contributed by atoms with E-state index in [1.165, 1.54) is 13.0 Å². The summed E-state index contributed by atoms with van der Waals surface area (Å²) in [6, 6.07) is 9.32. The lowest BCUT2D eigenvalue weighted by Crippen LogP contribution is -2.39. The molecule has 2 aromatic rings. The molecular weight excluding hydrogens is 364 g/mol. The summed E-state index contributed by atoms with van der Waals surface area (Å²) in [6.45, 7) is 1.74. The molecule has 2 amide bonds. The molecule has 7 heteroatoms. The topological polar surface area (TPSA) is 58.7 Å². The van der Waals surface area contributed by atoms with Crippen LogP contribution in [0.4, 0.5) is 8.78 Å². The lowest BCUT2D eigenvalue weighted by atomic mass is 10.0. The van der Waals surface area contributed by atoms with E-state index >= 15 is 0 Å². The van der Waals surface area contributed by atoms with E-state index in [0.29, 0.717) is 16.7 Å². The average molecular weight is 378 g/mol. The minimum Gasteiger partial charge on any atom is -0.359 e. The number of carbonyl (C=O) groups excluding carboxylic acids is 2. The second kappa shape index (κ2) is 6.97. The van der Waals surface area contributed by atoms with Crippen LogP contribution in [0, 0.1) is 11.6 Å². The Labute approximate surface area is 153 Å². The summed E-state index contributed by atoms with van der Waals surface area (Å²) >= 11 is 5.84. The maximum Gasteiger partial charge on any atom is 0.261 e. The lowest BCUT2D eigenvalue weighted by Gasteiger charge is -2.11. The molecule has 4 nitrogen and oxygen atoms in total. The van der Waals surface area contributed by atoms with Gasteiger partial charge in [-0.3, -0.25) is 14.9 Å². The van der Waals surface area contributed by atoms with Gasteiger partial charge in [0, 0.05) is 16.7 Å². The molecular formula is C19H14ClF2NO3. The van der Waals surface area contributed by atoms with E-state index in [9.17, 15) is 18.4 Å². The van der Waals surface area contributed by atoms with Crippen LogP contribution in [0.3, 0.4) is 0 Å². The Kier molecular flexibility index (Phi) is 4.89. The first-order valence-electron chi connectivity index (χ1n) is 7.71. The molecule has 1 aliphatic heterocycles. The quantitative estimate of drug-likeness (QED) is 0.503. The van der Waals surface area contributed by atoms with Crippen LogP contribution in [0.15, 0.2) is 42.5 Å². The number of hydrogen-bond acceptors (Lipinski definition) is 3. The Hall–Kier alpha value is -2.57. The van der Waals surface area contributed by atoms with Crippen LogP contribution in [0.2, 0.25) is 5.02 Å². The van der Waals surface area contributed by atoms with Crippen molar-refractivity contribution < 1.29 is 23.1 Å². The van der Waals surface area contributed by atoms with Crippen molar-refractivity contribution in [1.29, 1.82) is 0 Å². The molecule has 1 N–H and O–H groups in total. The first-order chi connectivity index (χ1) is 12.3. The summed E-state index contributed by atoms with van der Waals surface area (Å²) in [5.74, 6) is -3.12. The number of imide groups is 1. The Morgan fingerprint density at radius 3 is 2.42 bits per heavy atom. The highest BCUT2D eigenvalue weighted by Gasteiger charge is 2.48. The number of halogens is 3. The molecule has 1 saturated heterocycles. The fourth-order valence-corrected chi connectivity index (χ4v) is 2.37. The smallest absolute Gasteiger partial charge is 0.261 e. The molecule has 1 heterocycles. The third-order valence-corrected chi connectivity index (χ3v) is 4.18. The van der Waals surface area contributed by atoms with Gasteiger partial charge in [-0.2, -0.15) is 0 Å². The summed E-state index contributed by atoms with van der Waals surface area (Å²) in [5.41, 5.74) is -0.747. The molecule has 3 rings (SSSR count). The lowest BCUT2D eigenvalue weighted by molar-refractivity contribution is -0.130. The minimum atomic E-state index is -1.05. The normalized spacial score (nSPS) is 19.2. The average Bonchev–Trinajstić information content (AvgIpc) is 3.34. The van der Waals surface area contributed by atoms with Crippen LogP contribution in [0.25, 0.3) is 11.6 Å². The van der Waals surface area contributed by atoms with E-state index < -0.39 is 29.0 Å². The van der Waals surface area contributed by atoms with E-state index in [1.54, 1.807) is 24.3 Å². The van der Waals surface area contributed by atoms with Crippen LogP contribution in [0.5, 0.6) is 0 Å². The predicted octanol–water partition coefficient (Wildman–Crippen LogP) is 3.59. The number of hydrogen-bond donors (Lipinski definition) is 1.